The van der Waals surface area contributed by atoms with Gasteiger partial charge in [-0.1, -0.05) is 71.1 Å². The Balaban J connectivity index is 2.89. The molecule has 0 aliphatic rings. The summed E-state index contributed by atoms with van der Waals surface area (Å²) in [5, 5.41) is 0. The Bertz CT molecular complexity index is 131. The molecule has 0 fully saturated rings. The maximum Gasteiger partial charge on any atom is 0.0766 e. The number of rotatable bonds is 13. The van der Waals surface area contributed by atoms with Gasteiger partial charge in [-0.15, -0.1) is 0 Å². The van der Waals surface area contributed by atoms with E-state index in [4.69, 9.17) is 0 Å². The van der Waals surface area contributed by atoms with Crippen LogP contribution in [0.1, 0.15) is 84.0 Å². The fraction of sp³-hybridized carbons (Fsp3) is 1.00. The molecule has 0 aromatic heterocycles. The summed E-state index contributed by atoms with van der Waals surface area (Å²) in [6, 6.07) is 0. The predicted octanol–water partition coefficient (Wildman–Crippen LogP) is 3.83. The van der Waals surface area contributed by atoms with E-state index in [1.807, 2.05) is 0 Å². The molecule has 1 nitrogen and oxygen atoms in total. The van der Waals surface area contributed by atoms with E-state index >= 15 is 0 Å². The van der Waals surface area contributed by atoms with Gasteiger partial charge in [0.1, 0.15) is 0 Å². The van der Waals surface area contributed by atoms with E-state index in [0.717, 1.165) is 0 Å². The topological polar surface area (TPSA) is 4.44 Å². The van der Waals surface area contributed by atoms with E-state index in [2.05, 4.69) is 21.0 Å². The van der Waals surface area contributed by atoms with Gasteiger partial charge < -0.3 is 4.90 Å². The highest BCUT2D eigenvalue weighted by molar-refractivity contribution is 4.48. The van der Waals surface area contributed by atoms with Gasteiger partial charge in [-0.2, -0.15) is 0 Å². The predicted molar refractivity (Wildman–Crippen MR) is 78.8 cm³/mol. The zero-order valence-corrected chi connectivity index (χ0v) is 12.7. The Morgan fingerprint density at radius 1 is 0.529 bits per heavy atom. The van der Waals surface area contributed by atoms with Crippen molar-refractivity contribution in [2.45, 2.75) is 84.0 Å². The maximum atomic E-state index is 2.29. The van der Waals surface area contributed by atoms with Crippen molar-refractivity contribution in [2.75, 3.05) is 20.6 Å². The second-order valence-electron chi connectivity index (χ2n) is 5.85. The van der Waals surface area contributed by atoms with Gasteiger partial charge in [-0.25, -0.2) is 0 Å². The number of hydrogen-bond donors (Lipinski definition) is 1. The average Bonchev–Trinajstić information content (AvgIpc) is 2.30. The average molecular weight is 242 g/mol. The minimum atomic E-state index is 1.34. The molecule has 0 aliphatic carbocycles. The molecule has 0 atom stereocenters. The zero-order valence-electron chi connectivity index (χ0n) is 12.7. The maximum absolute atomic E-state index is 2.29. The van der Waals surface area contributed by atoms with Crippen LogP contribution in [0.25, 0.3) is 0 Å². The molecule has 0 saturated carbocycles. The molecule has 0 radical (unpaired) electrons. The summed E-state index contributed by atoms with van der Waals surface area (Å²) in [6.45, 7) is 3.63. The van der Waals surface area contributed by atoms with Gasteiger partial charge in [0.15, 0.2) is 0 Å². The number of hydrogen-bond acceptors (Lipinski definition) is 0. The molecule has 0 heterocycles. The Kier molecular flexibility index (Phi) is 14.0. The van der Waals surface area contributed by atoms with Crippen LogP contribution in [0.2, 0.25) is 0 Å². The van der Waals surface area contributed by atoms with Gasteiger partial charge in [0.25, 0.3) is 0 Å². The lowest BCUT2D eigenvalue weighted by molar-refractivity contribution is -0.858. The summed E-state index contributed by atoms with van der Waals surface area (Å²) in [7, 11) is 4.50. The fourth-order valence-electron chi connectivity index (χ4n) is 2.32. The van der Waals surface area contributed by atoms with Crippen molar-refractivity contribution in [1.82, 2.24) is 0 Å². The Labute approximate surface area is 110 Å². The monoisotopic (exact) mass is 242 g/mol. The second kappa shape index (κ2) is 14.0. The third kappa shape index (κ3) is 16.0. The van der Waals surface area contributed by atoms with Crippen LogP contribution in [-0.4, -0.2) is 20.6 Å². The molecule has 1 heteroatoms. The quantitative estimate of drug-likeness (QED) is 0.468. The lowest BCUT2D eigenvalue weighted by atomic mass is 10.1. The van der Waals surface area contributed by atoms with Crippen LogP contribution in [0.3, 0.4) is 0 Å². The van der Waals surface area contributed by atoms with Crippen molar-refractivity contribution in [2.24, 2.45) is 0 Å². The highest BCUT2D eigenvalue weighted by Crippen LogP contribution is 2.11. The van der Waals surface area contributed by atoms with Crippen molar-refractivity contribution in [1.29, 1.82) is 0 Å². The zero-order chi connectivity index (χ0) is 12.8. The summed E-state index contributed by atoms with van der Waals surface area (Å²) in [5.41, 5.74) is 0. The fourth-order valence-corrected chi connectivity index (χ4v) is 2.32. The molecular weight excluding hydrogens is 206 g/mol. The molecule has 0 aromatic carbocycles. The molecule has 104 valence electrons. The molecule has 0 rings (SSSR count). The van der Waals surface area contributed by atoms with Crippen LogP contribution in [-0.2, 0) is 0 Å². The molecule has 1 N–H and O–H groups in total. The van der Waals surface area contributed by atoms with E-state index in [-0.39, 0.29) is 0 Å². The first-order valence-electron chi connectivity index (χ1n) is 8.06. The first-order valence-corrected chi connectivity index (χ1v) is 8.06. The summed E-state index contributed by atoms with van der Waals surface area (Å²) >= 11 is 0. The Hall–Kier alpha value is -0.0400. The van der Waals surface area contributed by atoms with Gasteiger partial charge in [-0.05, 0) is 12.8 Å². The van der Waals surface area contributed by atoms with Gasteiger partial charge in [-0.3, -0.25) is 0 Å². The first kappa shape index (κ1) is 17.0. The van der Waals surface area contributed by atoms with E-state index in [1.54, 1.807) is 4.90 Å². The normalized spacial score (nSPS) is 11.3. The third-order valence-corrected chi connectivity index (χ3v) is 3.53. The van der Waals surface area contributed by atoms with Crippen LogP contribution < -0.4 is 4.90 Å². The summed E-state index contributed by atoms with van der Waals surface area (Å²) in [4.78, 5) is 1.59. The lowest BCUT2D eigenvalue weighted by Crippen LogP contribution is -3.05. The summed E-state index contributed by atoms with van der Waals surface area (Å²) in [6.07, 6.45) is 17.4. The number of unbranched alkanes of at least 4 members (excludes halogenated alkanes) is 11. The van der Waals surface area contributed by atoms with Crippen molar-refractivity contribution >= 4 is 0 Å². The molecule has 0 aliphatic heterocycles. The van der Waals surface area contributed by atoms with Crippen molar-refractivity contribution < 1.29 is 4.90 Å². The number of quaternary nitrogens is 1. The molecular formula is C16H36N+. The van der Waals surface area contributed by atoms with Crippen LogP contribution in [0, 0.1) is 0 Å². The highest BCUT2D eigenvalue weighted by atomic mass is 15.0. The highest BCUT2D eigenvalue weighted by Gasteiger charge is 1.95. The molecule has 0 bridgehead atoms. The van der Waals surface area contributed by atoms with Crippen molar-refractivity contribution in [3.05, 3.63) is 0 Å². The lowest BCUT2D eigenvalue weighted by Gasteiger charge is -2.06. The van der Waals surface area contributed by atoms with Crippen LogP contribution in [0.4, 0.5) is 0 Å². The first-order chi connectivity index (χ1) is 8.27. The second-order valence-corrected chi connectivity index (χ2v) is 5.85. The van der Waals surface area contributed by atoms with Crippen LogP contribution in [0.5, 0.6) is 0 Å². The summed E-state index contributed by atoms with van der Waals surface area (Å²) < 4.78 is 0. The van der Waals surface area contributed by atoms with Gasteiger partial charge in [0.05, 0.1) is 20.6 Å². The van der Waals surface area contributed by atoms with E-state index in [1.165, 1.54) is 83.6 Å². The minimum absolute atomic E-state index is 1.34. The molecule has 0 spiro atoms. The van der Waals surface area contributed by atoms with Crippen molar-refractivity contribution in [3.8, 4) is 0 Å². The molecule has 0 unspecified atom stereocenters. The minimum Gasteiger partial charge on any atom is -0.340 e. The third-order valence-electron chi connectivity index (χ3n) is 3.53. The van der Waals surface area contributed by atoms with Gasteiger partial charge >= 0.3 is 0 Å². The molecule has 0 aromatic rings. The van der Waals surface area contributed by atoms with E-state index < -0.39 is 0 Å². The SMILES string of the molecule is CCCCCCCCCCCCCC[NH+](C)C. The van der Waals surface area contributed by atoms with Crippen LogP contribution >= 0.6 is 0 Å². The van der Waals surface area contributed by atoms with E-state index in [9.17, 15) is 0 Å². The van der Waals surface area contributed by atoms with Gasteiger partial charge in [0.2, 0.25) is 0 Å². The number of nitrogens with one attached hydrogen (secondary N) is 1. The molecule has 0 amide bonds. The molecule has 17 heavy (non-hydrogen) atoms. The molecule has 0 saturated heterocycles. The van der Waals surface area contributed by atoms with Gasteiger partial charge in [0, 0.05) is 0 Å². The standard InChI is InChI=1S/C16H35N/c1-4-5-6-7-8-9-10-11-12-13-14-15-16-17(2)3/h4-16H2,1-3H3/p+1. The smallest absolute Gasteiger partial charge is 0.0766 e. The Morgan fingerprint density at radius 2 is 0.882 bits per heavy atom. The van der Waals surface area contributed by atoms with Crippen LogP contribution in [0.15, 0.2) is 0 Å². The largest absolute Gasteiger partial charge is 0.340 e. The summed E-state index contributed by atoms with van der Waals surface area (Å²) in [5.74, 6) is 0. The Morgan fingerprint density at radius 3 is 1.24 bits per heavy atom. The van der Waals surface area contributed by atoms with Crippen molar-refractivity contribution in [3.63, 3.8) is 0 Å². The van der Waals surface area contributed by atoms with E-state index in [0.29, 0.717) is 0 Å².